The number of unbranched alkanes of at least 4 members (excludes halogenated alkanes) is 2. The summed E-state index contributed by atoms with van der Waals surface area (Å²) in [5, 5.41) is 5.41. The lowest BCUT2D eigenvalue weighted by Crippen LogP contribution is -2.28. The first-order chi connectivity index (χ1) is 18.7. The van der Waals surface area contributed by atoms with E-state index in [0.29, 0.717) is 6.61 Å². The van der Waals surface area contributed by atoms with Gasteiger partial charge >= 0.3 is 5.97 Å². The van der Waals surface area contributed by atoms with Crippen molar-refractivity contribution < 1.29 is 19.1 Å². The summed E-state index contributed by atoms with van der Waals surface area (Å²) in [6.45, 7) is 2.67. The van der Waals surface area contributed by atoms with Gasteiger partial charge < -0.3 is 14.8 Å². The lowest BCUT2D eigenvalue weighted by molar-refractivity contribution is -0.148. The minimum absolute atomic E-state index is 0.0225. The highest BCUT2D eigenvalue weighted by molar-refractivity contribution is 5.98. The third-order valence-electron chi connectivity index (χ3n) is 5.18. The largest absolute Gasteiger partial charge is 0.462 e. The van der Waals surface area contributed by atoms with E-state index in [4.69, 9.17) is 9.47 Å². The zero-order valence-electron chi connectivity index (χ0n) is 22.6. The van der Waals surface area contributed by atoms with Crippen LogP contribution >= 0.6 is 0 Å². The third-order valence-corrected chi connectivity index (χ3v) is 5.18. The van der Waals surface area contributed by atoms with Crippen LogP contribution in [0.25, 0.3) is 0 Å². The standard InChI is InChI=1S/C31H42N2O5/c1-2-3-4-5-6-7-8-9-10-11-12-13-14-15-16-17-18-21-25-37-27-30(34)38-26-24-32-31(35)28-22-19-20-23-29(28)33-36/h3-4,6-7,9-10,12-13,15-16,19-20,22-23H,2,5,8,11,14,17-18,21,24-27H2,1H3,(H,32,35)/b4-3-,7-6-,10-9-,13-12-,16-15-. The molecule has 0 heterocycles. The molecule has 0 atom stereocenters. The molecule has 7 nitrogen and oxygen atoms in total. The molecular formula is C31H42N2O5. The van der Waals surface area contributed by atoms with Crippen molar-refractivity contribution in [1.82, 2.24) is 5.32 Å². The number of hydrogen-bond donors (Lipinski definition) is 1. The van der Waals surface area contributed by atoms with Gasteiger partial charge in [0.05, 0.1) is 12.1 Å². The Morgan fingerprint density at radius 2 is 1.42 bits per heavy atom. The summed E-state index contributed by atoms with van der Waals surface area (Å²) in [6.07, 6.45) is 29.7. The van der Waals surface area contributed by atoms with Crippen LogP contribution < -0.4 is 5.32 Å². The Labute approximate surface area is 227 Å². The number of allylic oxidation sites excluding steroid dienone is 10. The molecule has 0 saturated heterocycles. The molecule has 0 radical (unpaired) electrons. The fraction of sp³-hybridized carbons (Fsp3) is 0.419. The molecule has 0 unspecified atom stereocenters. The molecule has 0 bridgehead atoms. The minimum Gasteiger partial charge on any atom is -0.462 e. The van der Waals surface area contributed by atoms with E-state index in [2.05, 4.69) is 78.2 Å². The molecule has 0 aliphatic carbocycles. The molecule has 1 rings (SSSR count). The van der Waals surface area contributed by atoms with Gasteiger partial charge in [0, 0.05) is 6.61 Å². The van der Waals surface area contributed by atoms with Gasteiger partial charge in [0.2, 0.25) is 0 Å². The second-order valence-electron chi connectivity index (χ2n) is 8.34. The van der Waals surface area contributed by atoms with Crippen molar-refractivity contribution in [3.63, 3.8) is 0 Å². The van der Waals surface area contributed by atoms with Crippen LogP contribution in [-0.2, 0) is 14.3 Å². The molecule has 7 heteroatoms. The van der Waals surface area contributed by atoms with E-state index < -0.39 is 11.9 Å². The molecule has 1 aromatic rings. The van der Waals surface area contributed by atoms with Crippen LogP contribution in [0.15, 0.2) is 90.2 Å². The first kappa shape index (κ1) is 32.4. The summed E-state index contributed by atoms with van der Waals surface area (Å²) in [7, 11) is 0. The molecule has 38 heavy (non-hydrogen) atoms. The quantitative estimate of drug-likeness (QED) is 0.0791. The van der Waals surface area contributed by atoms with Crippen LogP contribution in [0, 0.1) is 4.91 Å². The maximum atomic E-state index is 12.0. The van der Waals surface area contributed by atoms with Gasteiger partial charge in [-0.05, 0) is 68.7 Å². The minimum atomic E-state index is -0.480. The van der Waals surface area contributed by atoms with Crippen LogP contribution in [0.1, 0.15) is 68.6 Å². The average molecular weight is 523 g/mol. The van der Waals surface area contributed by atoms with Gasteiger partial charge in [0.25, 0.3) is 5.91 Å². The van der Waals surface area contributed by atoms with Crippen molar-refractivity contribution >= 4 is 17.6 Å². The zero-order chi connectivity index (χ0) is 27.5. The number of benzene rings is 1. The Morgan fingerprint density at radius 3 is 2.05 bits per heavy atom. The SMILES string of the molecule is CC/C=C\C/C=C\C/C=C\C/C=C\C/C=C\CCCCOCC(=O)OCCNC(=O)c1ccccc1N=O. The number of ether oxygens (including phenoxy) is 2. The second kappa shape index (κ2) is 23.8. The zero-order valence-corrected chi connectivity index (χ0v) is 22.6. The molecular weight excluding hydrogens is 480 g/mol. The van der Waals surface area contributed by atoms with Crippen LogP contribution in [0.5, 0.6) is 0 Å². The Balaban J connectivity index is 1.94. The van der Waals surface area contributed by atoms with E-state index in [1.54, 1.807) is 12.1 Å². The number of nitrogens with zero attached hydrogens (tertiary/aromatic N) is 1. The van der Waals surface area contributed by atoms with Crippen molar-refractivity contribution in [1.29, 1.82) is 0 Å². The number of rotatable bonds is 21. The average Bonchev–Trinajstić information content (AvgIpc) is 2.94. The highest BCUT2D eigenvalue weighted by Crippen LogP contribution is 2.17. The fourth-order valence-electron chi connectivity index (χ4n) is 3.20. The number of carbonyl (C=O) groups excluding carboxylic acids is 2. The third kappa shape index (κ3) is 17.8. The topological polar surface area (TPSA) is 94.1 Å². The van der Waals surface area contributed by atoms with Crippen LogP contribution in [0.3, 0.4) is 0 Å². The molecule has 0 saturated carbocycles. The Hall–Kier alpha value is -3.58. The molecule has 1 N–H and O–H groups in total. The summed E-state index contributed by atoms with van der Waals surface area (Å²) in [5.74, 6) is -0.924. The molecule has 0 fully saturated rings. The number of carbonyl (C=O) groups is 2. The lowest BCUT2D eigenvalue weighted by Gasteiger charge is -2.08. The second-order valence-corrected chi connectivity index (χ2v) is 8.34. The maximum Gasteiger partial charge on any atom is 0.332 e. The molecule has 0 aromatic heterocycles. The number of hydrogen-bond acceptors (Lipinski definition) is 6. The predicted octanol–water partition coefficient (Wildman–Crippen LogP) is 7.30. The molecule has 1 aromatic carbocycles. The monoisotopic (exact) mass is 522 g/mol. The number of nitroso groups, excluding NO2 is 1. The highest BCUT2D eigenvalue weighted by atomic mass is 16.6. The Bertz CT molecular complexity index is 947. The first-order valence-electron chi connectivity index (χ1n) is 13.4. The summed E-state index contributed by atoms with van der Waals surface area (Å²) in [4.78, 5) is 34.5. The molecule has 0 spiro atoms. The Morgan fingerprint density at radius 1 is 0.816 bits per heavy atom. The first-order valence-corrected chi connectivity index (χ1v) is 13.4. The van der Waals surface area contributed by atoms with Gasteiger partial charge in [0.15, 0.2) is 0 Å². The highest BCUT2D eigenvalue weighted by Gasteiger charge is 2.11. The van der Waals surface area contributed by atoms with Crippen molar-refractivity contribution in [2.45, 2.75) is 58.3 Å². The lowest BCUT2D eigenvalue weighted by atomic mass is 10.1. The van der Waals surface area contributed by atoms with E-state index in [9.17, 15) is 14.5 Å². The fourth-order valence-corrected chi connectivity index (χ4v) is 3.20. The number of nitrogens with one attached hydrogen (secondary N) is 1. The predicted molar refractivity (Wildman–Crippen MR) is 154 cm³/mol. The van der Waals surface area contributed by atoms with E-state index in [1.165, 1.54) is 12.1 Å². The van der Waals surface area contributed by atoms with Gasteiger partial charge in [-0.1, -0.05) is 79.8 Å². The van der Waals surface area contributed by atoms with E-state index in [-0.39, 0.29) is 31.0 Å². The van der Waals surface area contributed by atoms with Gasteiger partial charge in [-0.2, -0.15) is 0 Å². The van der Waals surface area contributed by atoms with Crippen molar-refractivity contribution in [3.05, 3.63) is 95.5 Å². The number of esters is 1. The molecule has 206 valence electrons. The van der Waals surface area contributed by atoms with E-state index in [0.717, 1.165) is 51.4 Å². The Kier molecular flexibility index (Phi) is 20.3. The molecule has 1 amide bonds. The smallest absolute Gasteiger partial charge is 0.332 e. The summed E-state index contributed by atoms with van der Waals surface area (Å²) < 4.78 is 10.4. The van der Waals surface area contributed by atoms with Gasteiger partial charge in [0.1, 0.15) is 18.9 Å². The van der Waals surface area contributed by atoms with Gasteiger partial charge in [-0.3, -0.25) is 4.79 Å². The normalized spacial score (nSPS) is 11.9. The molecule has 0 aliphatic heterocycles. The van der Waals surface area contributed by atoms with Crippen LogP contribution in [-0.4, -0.2) is 38.2 Å². The number of amides is 1. The van der Waals surface area contributed by atoms with Crippen molar-refractivity contribution in [2.24, 2.45) is 5.18 Å². The van der Waals surface area contributed by atoms with Crippen molar-refractivity contribution in [2.75, 3.05) is 26.4 Å². The van der Waals surface area contributed by atoms with E-state index >= 15 is 0 Å². The van der Waals surface area contributed by atoms with Crippen molar-refractivity contribution in [3.8, 4) is 0 Å². The summed E-state index contributed by atoms with van der Waals surface area (Å²) in [6, 6.07) is 6.24. The molecule has 0 aliphatic rings. The van der Waals surface area contributed by atoms with E-state index in [1.807, 2.05) is 0 Å². The van der Waals surface area contributed by atoms with Crippen LogP contribution in [0.4, 0.5) is 5.69 Å². The van der Waals surface area contributed by atoms with Gasteiger partial charge in [-0.15, -0.1) is 4.91 Å². The summed E-state index contributed by atoms with van der Waals surface area (Å²) in [5.41, 5.74) is 0.249. The van der Waals surface area contributed by atoms with Gasteiger partial charge in [-0.25, -0.2) is 4.79 Å². The maximum absolute atomic E-state index is 12.0. The van der Waals surface area contributed by atoms with Crippen LogP contribution in [0.2, 0.25) is 0 Å². The summed E-state index contributed by atoms with van der Waals surface area (Å²) >= 11 is 0.